The Hall–Kier alpha value is -4.64. The Bertz CT molecular complexity index is 2130. The highest BCUT2D eigenvalue weighted by molar-refractivity contribution is 7.22. The molecular weight excluding hydrogens is 609 g/mol. The molecule has 10 nitrogen and oxygen atoms in total. The lowest BCUT2D eigenvalue weighted by atomic mass is 9.49. The van der Waals surface area contributed by atoms with Gasteiger partial charge in [-0.05, 0) is 105 Å². The SMILES string of the molecule is COC(=O)c1c(-c2cnn(CC34CC5CC(CC(C5)C3)C4)c2C)ccn2c(-c3nnc(Nc4nc5ccccc5s4)cc3C)cnc12. The predicted octanol–water partition coefficient (Wildman–Crippen LogP) is 7.63. The average Bonchev–Trinajstić information content (AvgIpc) is 3.76. The van der Waals surface area contributed by atoms with E-state index in [1.54, 1.807) is 17.5 Å². The maximum absolute atomic E-state index is 13.4. The van der Waals surface area contributed by atoms with Crippen LogP contribution in [0.2, 0.25) is 0 Å². The Morgan fingerprint density at radius 2 is 1.79 bits per heavy atom. The Morgan fingerprint density at radius 3 is 2.51 bits per heavy atom. The number of benzene rings is 1. The zero-order valence-corrected chi connectivity index (χ0v) is 27.5. The van der Waals surface area contributed by atoms with Crippen LogP contribution in [0.4, 0.5) is 10.9 Å². The Labute approximate surface area is 276 Å². The number of hydrogen-bond acceptors (Lipinski definition) is 9. The summed E-state index contributed by atoms with van der Waals surface area (Å²) in [5, 5.41) is 18.0. The van der Waals surface area contributed by atoms with E-state index in [9.17, 15) is 4.79 Å². The van der Waals surface area contributed by atoms with Gasteiger partial charge in [-0.25, -0.2) is 14.8 Å². The van der Waals surface area contributed by atoms with Crippen LogP contribution in [0.25, 0.3) is 38.4 Å². The standard InChI is InChI=1S/C36H36N8O2S/c1-20-10-30(40-35-39-27-6-4-5-7-29(27)47-35)41-42-32(20)28-18-37-33-31(34(45)46-3)25(8-9-43(28)33)26-17-38-44(21(26)2)19-36-14-22-11-23(15-36)13-24(12-22)16-36/h4-10,17-18,22-24H,11-16,19H2,1-3H3,(H,39,40,41). The zero-order valence-electron chi connectivity index (χ0n) is 26.7. The molecule has 4 saturated carbocycles. The molecular formula is C36H36N8O2S. The van der Waals surface area contributed by atoms with Crippen LogP contribution in [0.1, 0.15) is 60.1 Å². The van der Waals surface area contributed by atoms with Crippen molar-refractivity contribution in [3.63, 3.8) is 0 Å². The fourth-order valence-electron chi connectivity index (χ4n) is 9.26. The first-order chi connectivity index (χ1) is 22.9. The first-order valence-corrected chi connectivity index (χ1v) is 17.3. The molecule has 0 saturated heterocycles. The highest BCUT2D eigenvalue weighted by Crippen LogP contribution is 2.60. The largest absolute Gasteiger partial charge is 0.465 e. The molecule has 0 unspecified atom stereocenters. The van der Waals surface area contributed by atoms with Gasteiger partial charge in [-0.3, -0.25) is 9.08 Å². The van der Waals surface area contributed by atoms with Gasteiger partial charge in [0.2, 0.25) is 0 Å². The molecule has 0 atom stereocenters. The molecule has 0 spiro atoms. The van der Waals surface area contributed by atoms with Crippen LogP contribution in [-0.2, 0) is 11.3 Å². The number of pyridine rings is 1. The van der Waals surface area contributed by atoms with Crippen LogP contribution >= 0.6 is 11.3 Å². The molecule has 5 aromatic heterocycles. The van der Waals surface area contributed by atoms with Crippen molar-refractivity contribution < 1.29 is 9.53 Å². The normalized spacial score (nSPS) is 23.2. The Morgan fingerprint density at radius 1 is 1.02 bits per heavy atom. The first kappa shape index (κ1) is 28.6. The van der Waals surface area contributed by atoms with Crippen LogP contribution in [-0.4, -0.2) is 47.4 Å². The monoisotopic (exact) mass is 644 g/mol. The molecule has 11 heteroatoms. The number of carbonyl (C=O) groups excluding carboxylic acids is 1. The number of thiazole rings is 1. The minimum atomic E-state index is -0.436. The second-order valence-electron chi connectivity index (χ2n) is 14.0. The van der Waals surface area contributed by atoms with E-state index in [2.05, 4.69) is 32.1 Å². The van der Waals surface area contributed by atoms with Crippen LogP contribution in [0.3, 0.4) is 0 Å². The molecule has 5 heterocycles. The smallest absolute Gasteiger partial charge is 0.342 e. The molecule has 47 heavy (non-hydrogen) atoms. The van der Waals surface area contributed by atoms with E-state index >= 15 is 0 Å². The second-order valence-corrected chi connectivity index (χ2v) is 15.1. The van der Waals surface area contributed by atoms with Gasteiger partial charge in [-0.1, -0.05) is 23.5 Å². The maximum atomic E-state index is 13.4. The van der Waals surface area contributed by atoms with Gasteiger partial charge in [-0.15, -0.1) is 10.2 Å². The molecule has 4 bridgehead atoms. The van der Waals surface area contributed by atoms with Crippen LogP contribution in [0, 0.1) is 37.0 Å². The quantitative estimate of drug-likeness (QED) is 0.177. The third-order valence-electron chi connectivity index (χ3n) is 10.9. The maximum Gasteiger partial charge on any atom is 0.342 e. The summed E-state index contributed by atoms with van der Waals surface area (Å²) in [4.78, 5) is 22.8. The molecule has 0 radical (unpaired) electrons. The van der Waals surface area contributed by atoms with Gasteiger partial charge in [0.15, 0.2) is 16.6 Å². The fourth-order valence-corrected chi connectivity index (χ4v) is 10.1. The summed E-state index contributed by atoms with van der Waals surface area (Å²) in [6.45, 7) is 5.06. The summed E-state index contributed by atoms with van der Waals surface area (Å²) in [5.41, 5.74) is 7.33. The lowest BCUT2D eigenvalue weighted by molar-refractivity contribution is -0.0638. The van der Waals surface area contributed by atoms with Crippen LogP contribution < -0.4 is 5.32 Å². The summed E-state index contributed by atoms with van der Waals surface area (Å²) in [6.07, 6.45) is 13.8. The summed E-state index contributed by atoms with van der Waals surface area (Å²) >= 11 is 1.57. The number of anilines is 2. The zero-order chi connectivity index (χ0) is 31.9. The molecule has 238 valence electrons. The van der Waals surface area contributed by atoms with Gasteiger partial charge in [0.25, 0.3) is 0 Å². The van der Waals surface area contributed by atoms with Crippen molar-refractivity contribution >= 4 is 44.1 Å². The molecule has 4 fully saturated rings. The van der Waals surface area contributed by atoms with E-state index < -0.39 is 5.97 Å². The summed E-state index contributed by atoms with van der Waals surface area (Å²) in [5.74, 6) is 2.84. The molecule has 1 aromatic carbocycles. The number of nitrogens with zero attached hydrogens (tertiary/aromatic N) is 7. The van der Waals surface area contributed by atoms with Crippen molar-refractivity contribution in [2.45, 2.75) is 58.9 Å². The van der Waals surface area contributed by atoms with E-state index in [0.29, 0.717) is 28.1 Å². The molecule has 6 aromatic rings. The molecule has 4 aliphatic rings. The van der Waals surface area contributed by atoms with Crippen molar-refractivity contribution in [1.82, 2.24) is 34.3 Å². The fraction of sp³-hybridized carbons (Fsp3) is 0.389. The van der Waals surface area contributed by atoms with E-state index in [0.717, 1.165) is 67.7 Å². The lowest BCUT2D eigenvalue weighted by Gasteiger charge is -2.56. The molecule has 0 aliphatic heterocycles. The number of hydrogen-bond donors (Lipinski definition) is 1. The minimum Gasteiger partial charge on any atom is -0.465 e. The summed E-state index contributed by atoms with van der Waals surface area (Å²) in [6, 6.07) is 11.9. The molecule has 4 aliphatic carbocycles. The summed E-state index contributed by atoms with van der Waals surface area (Å²) < 4.78 is 10.5. The van der Waals surface area contributed by atoms with Gasteiger partial charge in [0.05, 0.1) is 35.4 Å². The van der Waals surface area contributed by atoms with Crippen LogP contribution in [0.15, 0.2) is 55.0 Å². The van der Waals surface area contributed by atoms with E-state index in [1.165, 1.54) is 45.6 Å². The summed E-state index contributed by atoms with van der Waals surface area (Å²) in [7, 11) is 1.41. The molecule has 0 amide bonds. The van der Waals surface area contributed by atoms with Crippen molar-refractivity contribution in [3.05, 3.63) is 71.8 Å². The van der Waals surface area contributed by atoms with Crippen molar-refractivity contribution in [2.75, 3.05) is 12.4 Å². The Kier molecular flexibility index (Phi) is 6.50. The highest BCUT2D eigenvalue weighted by atomic mass is 32.1. The number of fused-ring (bicyclic) bond motifs is 2. The van der Waals surface area contributed by atoms with Gasteiger partial charge in [0.1, 0.15) is 11.3 Å². The van der Waals surface area contributed by atoms with Crippen molar-refractivity contribution in [1.29, 1.82) is 0 Å². The number of carbonyl (C=O) groups is 1. The number of para-hydroxylation sites is 1. The van der Waals surface area contributed by atoms with Gasteiger partial charge in [0, 0.05) is 29.6 Å². The number of ether oxygens (including phenoxy) is 1. The predicted molar refractivity (Wildman–Crippen MR) is 182 cm³/mol. The number of nitrogens with one attached hydrogen (secondary N) is 1. The topological polar surface area (TPSA) is 112 Å². The first-order valence-electron chi connectivity index (χ1n) is 16.4. The molecule has 1 N–H and O–H groups in total. The van der Waals surface area contributed by atoms with Crippen LogP contribution in [0.5, 0.6) is 0 Å². The van der Waals surface area contributed by atoms with Crippen molar-refractivity contribution in [2.24, 2.45) is 23.2 Å². The number of esters is 1. The number of aromatic nitrogens is 7. The minimum absolute atomic E-state index is 0.355. The third-order valence-corrected chi connectivity index (χ3v) is 11.8. The van der Waals surface area contributed by atoms with Gasteiger partial charge >= 0.3 is 5.97 Å². The number of rotatable bonds is 7. The highest BCUT2D eigenvalue weighted by Gasteiger charge is 2.51. The van der Waals surface area contributed by atoms with Gasteiger partial charge in [-0.2, -0.15) is 5.10 Å². The number of imidazole rings is 1. The van der Waals surface area contributed by atoms with E-state index in [4.69, 9.17) is 14.8 Å². The van der Waals surface area contributed by atoms with E-state index in [-0.39, 0.29) is 0 Å². The average molecular weight is 645 g/mol. The lowest BCUT2D eigenvalue weighted by Crippen LogP contribution is -2.48. The van der Waals surface area contributed by atoms with E-state index in [1.807, 2.05) is 60.1 Å². The third kappa shape index (κ3) is 4.73. The number of aryl methyl sites for hydroxylation is 1. The molecule has 10 rings (SSSR count). The van der Waals surface area contributed by atoms with Gasteiger partial charge < -0.3 is 10.1 Å². The number of methoxy groups -OCH3 is 1. The van der Waals surface area contributed by atoms with Crippen molar-refractivity contribution in [3.8, 4) is 22.5 Å². The second kappa shape index (κ2) is 10.7. The Balaban J connectivity index is 1.04.